The number of aliphatic hydroxyl groups excluding tert-OH is 1. The molecule has 1 aliphatic rings. The number of aliphatic hydroxyl groups is 1. The molecular weight excluding hydrogens is 268 g/mol. The number of amidine groups is 1. The van der Waals surface area contributed by atoms with Crippen LogP contribution < -0.4 is 0 Å². The van der Waals surface area contributed by atoms with E-state index in [1.54, 1.807) is 19.1 Å². The molecule has 1 unspecified atom stereocenters. The Kier molecular flexibility index (Phi) is 8.38. The fourth-order valence-corrected chi connectivity index (χ4v) is 2.20. The Labute approximate surface area is 126 Å². The number of nitrogens with one attached hydrogen (secondary N) is 2. The van der Waals surface area contributed by atoms with Gasteiger partial charge in [0.25, 0.3) is 0 Å². The fourth-order valence-electron chi connectivity index (χ4n) is 2.20. The average molecular weight is 293 g/mol. The molecule has 0 radical (unpaired) electrons. The van der Waals surface area contributed by atoms with Crippen LogP contribution in [0, 0.1) is 5.41 Å². The lowest BCUT2D eigenvalue weighted by atomic mass is 10.1. The number of oxime groups is 1. The number of hydrogen-bond donors (Lipinski definition) is 2. The minimum atomic E-state index is -0.592. The van der Waals surface area contributed by atoms with Crippen LogP contribution in [0.2, 0.25) is 0 Å². The third kappa shape index (κ3) is 7.06. The maximum absolute atomic E-state index is 9.90. The third-order valence-corrected chi connectivity index (χ3v) is 3.30. The van der Waals surface area contributed by atoms with Crippen LogP contribution in [0.3, 0.4) is 0 Å². The second-order valence-corrected chi connectivity index (χ2v) is 5.02. The predicted octanol–water partition coefficient (Wildman–Crippen LogP) is 2.37. The molecule has 0 aromatic carbocycles. The van der Waals surface area contributed by atoms with Gasteiger partial charge in [-0.25, -0.2) is 0 Å². The van der Waals surface area contributed by atoms with E-state index in [1.807, 2.05) is 0 Å². The molecule has 6 heteroatoms. The first-order valence-corrected chi connectivity index (χ1v) is 7.33. The molecule has 0 aliphatic carbocycles. The molecule has 118 valence electrons. The molecule has 21 heavy (non-hydrogen) atoms. The molecule has 1 fully saturated rings. The van der Waals surface area contributed by atoms with E-state index in [0.29, 0.717) is 12.1 Å². The van der Waals surface area contributed by atoms with Gasteiger partial charge in [0, 0.05) is 12.8 Å². The van der Waals surface area contributed by atoms with E-state index in [0.717, 1.165) is 19.3 Å². The van der Waals surface area contributed by atoms with E-state index < -0.39 is 6.10 Å². The van der Waals surface area contributed by atoms with Gasteiger partial charge in [0.15, 0.2) is 0 Å². The lowest BCUT2D eigenvalue weighted by Gasteiger charge is -2.28. The molecule has 1 heterocycles. The van der Waals surface area contributed by atoms with Gasteiger partial charge in [0.1, 0.15) is 12.7 Å². The summed E-state index contributed by atoms with van der Waals surface area (Å²) < 4.78 is 0. The van der Waals surface area contributed by atoms with Gasteiger partial charge in [-0.1, -0.05) is 18.6 Å². The highest BCUT2D eigenvalue weighted by atomic mass is 16.6. The second kappa shape index (κ2) is 10.1. The lowest BCUT2D eigenvalue weighted by molar-refractivity contribution is 0.0159. The molecule has 1 saturated heterocycles. The van der Waals surface area contributed by atoms with Gasteiger partial charge in [-0.2, -0.15) is 0 Å². The summed E-state index contributed by atoms with van der Waals surface area (Å²) in [7, 11) is 0. The standard InChI is InChI=1S/C15H25N4O2/c1-2-13(7-6-8-16)15(17)18-21-12-14(20)11-19-9-4-3-5-10-19/h2,6-8,14,16,20H,3-5,9-12H2,1H3,(H-,17,18)/q-1/b7-6-,13-2+,16-8?. The number of rotatable bonds is 8. The lowest BCUT2D eigenvalue weighted by Crippen LogP contribution is -2.38. The van der Waals surface area contributed by atoms with E-state index >= 15 is 0 Å². The third-order valence-electron chi connectivity index (χ3n) is 3.30. The Balaban J connectivity index is 2.34. The van der Waals surface area contributed by atoms with Crippen molar-refractivity contribution in [1.29, 1.82) is 5.41 Å². The minimum Gasteiger partial charge on any atom is -0.491 e. The van der Waals surface area contributed by atoms with E-state index in [2.05, 4.69) is 10.1 Å². The minimum absolute atomic E-state index is 0.0132. The fraction of sp³-hybridized carbons (Fsp3) is 0.600. The molecule has 3 N–H and O–H groups in total. The Morgan fingerprint density at radius 3 is 2.76 bits per heavy atom. The van der Waals surface area contributed by atoms with Gasteiger partial charge in [-0.05, 0) is 50.3 Å². The van der Waals surface area contributed by atoms with Crippen LogP contribution in [-0.2, 0) is 4.84 Å². The summed E-state index contributed by atoms with van der Waals surface area (Å²) in [6.07, 6.45) is 9.05. The summed E-state index contributed by atoms with van der Waals surface area (Å²) in [5, 5.41) is 20.5. The van der Waals surface area contributed by atoms with Crippen molar-refractivity contribution in [2.75, 3.05) is 26.2 Å². The first-order chi connectivity index (χ1) is 10.2. The number of nitrogens with zero attached hydrogens (tertiary/aromatic N) is 2. The van der Waals surface area contributed by atoms with Crippen molar-refractivity contribution in [3.63, 3.8) is 0 Å². The molecule has 0 saturated carbocycles. The highest BCUT2D eigenvalue weighted by Gasteiger charge is 2.14. The van der Waals surface area contributed by atoms with Crippen molar-refractivity contribution in [1.82, 2.24) is 4.90 Å². The highest BCUT2D eigenvalue weighted by Crippen LogP contribution is 2.09. The first-order valence-electron chi connectivity index (χ1n) is 7.33. The second-order valence-electron chi connectivity index (χ2n) is 5.02. The maximum Gasteiger partial charge on any atom is 0.118 e. The molecule has 0 spiro atoms. The Morgan fingerprint density at radius 1 is 1.43 bits per heavy atom. The van der Waals surface area contributed by atoms with Crippen LogP contribution in [0.15, 0.2) is 29.0 Å². The van der Waals surface area contributed by atoms with Crippen molar-refractivity contribution >= 4 is 12.1 Å². The zero-order chi connectivity index (χ0) is 15.5. The van der Waals surface area contributed by atoms with E-state index in [1.165, 1.54) is 25.3 Å². The Morgan fingerprint density at radius 2 is 2.14 bits per heavy atom. The zero-order valence-corrected chi connectivity index (χ0v) is 12.6. The largest absolute Gasteiger partial charge is 0.491 e. The molecule has 6 nitrogen and oxygen atoms in total. The predicted molar refractivity (Wildman–Crippen MR) is 85.7 cm³/mol. The van der Waals surface area contributed by atoms with Crippen molar-refractivity contribution in [2.24, 2.45) is 5.16 Å². The molecule has 0 amide bonds. The van der Waals surface area contributed by atoms with Crippen molar-refractivity contribution < 1.29 is 9.94 Å². The summed E-state index contributed by atoms with van der Waals surface area (Å²) in [5.74, 6) is -0.0132. The van der Waals surface area contributed by atoms with Crippen LogP contribution in [0.4, 0.5) is 0 Å². The van der Waals surface area contributed by atoms with Crippen molar-refractivity contribution in [2.45, 2.75) is 32.3 Å². The first kappa shape index (κ1) is 17.4. The molecule has 0 aromatic heterocycles. The molecule has 1 aliphatic heterocycles. The van der Waals surface area contributed by atoms with Crippen LogP contribution in [0.25, 0.3) is 5.73 Å². The number of hydrogen-bond acceptors (Lipinski definition) is 5. The summed E-state index contributed by atoms with van der Waals surface area (Å²) in [5.41, 5.74) is 8.32. The number of β-amino-alcohol motifs (C(OH)–C–C–N with tert-alkyl or cyclic N) is 1. The van der Waals surface area contributed by atoms with Crippen LogP contribution in [-0.4, -0.2) is 54.4 Å². The highest BCUT2D eigenvalue weighted by molar-refractivity contribution is 6.06. The number of piperidine rings is 1. The molecule has 1 atom stereocenters. The molecular formula is C15H25N4O2-. The summed E-state index contributed by atoms with van der Waals surface area (Å²) in [6.45, 7) is 4.53. The average Bonchev–Trinajstić information content (AvgIpc) is 2.49. The van der Waals surface area contributed by atoms with Crippen LogP contribution in [0.1, 0.15) is 26.2 Å². The SMILES string of the molecule is C/C=C(\C=C/C=N)C(/[NH-])=N/OCC(O)CN1CCCCC1. The Bertz CT molecular complexity index is 398. The number of likely N-dealkylation sites (tertiary alicyclic amines) is 1. The number of allylic oxidation sites excluding steroid dienone is 2. The monoisotopic (exact) mass is 293 g/mol. The molecule has 0 aromatic rings. The topological polar surface area (TPSA) is 92.7 Å². The van der Waals surface area contributed by atoms with Gasteiger partial charge in [-0.3, -0.25) is 5.16 Å². The Hall–Kier alpha value is -1.66. The van der Waals surface area contributed by atoms with Gasteiger partial charge in [0.2, 0.25) is 0 Å². The summed E-state index contributed by atoms with van der Waals surface area (Å²) in [6, 6.07) is 0. The maximum atomic E-state index is 9.90. The van der Waals surface area contributed by atoms with E-state index in [-0.39, 0.29) is 12.4 Å². The molecule has 0 bridgehead atoms. The summed E-state index contributed by atoms with van der Waals surface area (Å²) in [4.78, 5) is 7.28. The van der Waals surface area contributed by atoms with E-state index in [9.17, 15) is 5.11 Å². The normalized spacial score (nSPS) is 19.7. The van der Waals surface area contributed by atoms with Crippen LogP contribution >= 0.6 is 0 Å². The van der Waals surface area contributed by atoms with E-state index in [4.69, 9.17) is 16.0 Å². The van der Waals surface area contributed by atoms with Crippen molar-refractivity contribution in [3.8, 4) is 0 Å². The van der Waals surface area contributed by atoms with Gasteiger partial charge in [-0.15, -0.1) is 0 Å². The van der Waals surface area contributed by atoms with Crippen molar-refractivity contribution in [3.05, 3.63) is 29.5 Å². The smallest absolute Gasteiger partial charge is 0.118 e. The van der Waals surface area contributed by atoms with Gasteiger partial charge in [0.05, 0.1) is 0 Å². The zero-order valence-electron chi connectivity index (χ0n) is 12.6. The van der Waals surface area contributed by atoms with Gasteiger partial charge < -0.3 is 26.0 Å². The molecule has 1 rings (SSSR count). The summed E-state index contributed by atoms with van der Waals surface area (Å²) >= 11 is 0. The quantitative estimate of drug-likeness (QED) is 0.311. The van der Waals surface area contributed by atoms with Crippen LogP contribution in [0.5, 0.6) is 0 Å². The van der Waals surface area contributed by atoms with Gasteiger partial charge >= 0.3 is 0 Å².